The number of anilines is 2. The van der Waals surface area contributed by atoms with Gasteiger partial charge in [0.05, 0.1) is 13.7 Å². The van der Waals surface area contributed by atoms with Gasteiger partial charge in [-0.05, 0) is 78.3 Å². The fraction of sp³-hybridized carbons (Fsp3) is 0.394. The van der Waals surface area contributed by atoms with Gasteiger partial charge in [0.25, 0.3) is 0 Å². The third kappa shape index (κ3) is 6.83. The van der Waals surface area contributed by atoms with Crippen molar-refractivity contribution in [2.45, 2.75) is 58.4 Å². The molecule has 5 nitrogen and oxygen atoms in total. The minimum atomic E-state index is -0.221. The zero-order chi connectivity index (χ0) is 27.1. The molecular weight excluding hydrogens is 472 g/mol. The predicted octanol–water partition coefficient (Wildman–Crippen LogP) is 6.95. The lowest BCUT2D eigenvalue weighted by Crippen LogP contribution is -2.36. The molecule has 0 aromatic heterocycles. The molecule has 5 heteroatoms. The van der Waals surface area contributed by atoms with Crippen LogP contribution in [0.1, 0.15) is 55.2 Å². The standard InChI is InChI=1S/C33H40N2O3/c1-24-10-18-31(22-29(24)17-21-32(36)38-4)35(33(37)28-8-6-5-7-9-28)23-25-11-13-26(14-12-25)27-15-19-30(20-16-27)34(2)3/h10-16,18-20,22,28H,5-9,17,21,23H2,1-4H3. The van der Waals surface area contributed by atoms with E-state index in [0.29, 0.717) is 19.4 Å². The van der Waals surface area contributed by atoms with Crippen molar-refractivity contribution >= 4 is 23.3 Å². The summed E-state index contributed by atoms with van der Waals surface area (Å²) in [5, 5.41) is 0. The second-order valence-corrected chi connectivity index (χ2v) is 10.6. The van der Waals surface area contributed by atoms with Gasteiger partial charge < -0.3 is 14.5 Å². The van der Waals surface area contributed by atoms with E-state index in [1.165, 1.54) is 24.8 Å². The number of rotatable bonds is 9. The van der Waals surface area contributed by atoms with Crippen LogP contribution in [0.3, 0.4) is 0 Å². The summed E-state index contributed by atoms with van der Waals surface area (Å²) in [4.78, 5) is 29.6. The van der Waals surface area contributed by atoms with Crippen LogP contribution in [0.4, 0.5) is 11.4 Å². The molecule has 4 rings (SSSR count). The number of carbonyl (C=O) groups is 2. The van der Waals surface area contributed by atoms with Gasteiger partial charge in [-0.3, -0.25) is 9.59 Å². The lowest BCUT2D eigenvalue weighted by atomic mass is 9.88. The summed E-state index contributed by atoms with van der Waals surface area (Å²) in [5.74, 6) is 0.0512. The van der Waals surface area contributed by atoms with E-state index in [1.54, 1.807) is 0 Å². The van der Waals surface area contributed by atoms with E-state index in [0.717, 1.165) is 53.6 Å². The molecule has 38 heavy (non-hydrogen) atoms. The number of ether oxygens (including phenoxy) is 1. The molecule has 1 saturated carbocycles. The largest absolute Gasteiger partial charge is 0.469 e. The summed E-state index contributed by atoms with van der Waals surface area (Å²) < 4.78 is 4.84. The molecule has 0 aliphatic heterocycles. The lowest BCUT2D eigenvalue weighted by Gasteiger charge is -2.30. The topological polar surface area (TPSA) is 49.9 Å². The van der Waals surface area contributed by atoms with Gasteiger partial charge in [-0.25, -0.2) is 0 Å². The fourth-order valence-corrected chi connectivity index (χ4v) is 5.24. The normalized spacial score (nSPS) is 13.7. The van der Waals surface area contributed by atoms with E-state index in [2.05, 4.69) is 65.6 Å². The Morgan fingerprint density at radius 2 is 1.45 bits per heavy atom. The molecule has 0 heterocycles. The van der Waals surface area contributed by atoms with Crippen LogP contribution in [0.15, 0.2) is 66.7 Å². The van der Waals surface area contributed by atoms with Crippen LogP contribution in [0.25, 0.3) is 11.1 Å². The Morgan fingerprint density at radius 1 is 0.842 bits per heavy atom. The van der Waals surface area contributed by atoms with Crippen LogP contribution >= 0.6 is 0 Å². The van der Waals surface area contributed by atoms with E-state index in [9.17, 15) is 9.59 Å². The summed E-state index contributed by atoms with van der Waals surface area (Å²) in [6.45, 7) is 2.57. The molecule has 0 bridgehead atoms. The summed E-state index contributed by atoms with van der Waals surface area (Å²) in [5.41, 5.74) is 7.69. The molecule has 1 amide bonds. The van der Waals surface area contributed by atoms with Crippen LogP contribution in [-0.4, -0.2) is 33.1 Å². The van der Waals surface area contributed by atoms with Crippen molar-refractivity contribution in [1.82, 2.24) is 0 Å². The monoisotopic (exact) mass is 512 g/mol. The van der Waals surface area contributed by atoms with E-state index in [4.69, 9.17) is 4.74 Å². The van der Waals surface area contributed by atoms with E-state index >= 15 is 0 Å². The molecule has 0 radical (unpaired) electrons. The smallest absolute Gasteiger partial charge is 0.305 e. The van der Waals surface area contributed by atoms with Crippen molar-refractivity contribution in [3.8, 4) is 11.1 Å². The first-order valence-electron chi connectivity index (χ1n) is 13.7. The van der Waals surface area contributed by atoms with Gasteiger partial charge in [0.1, 0.15) is 0 Å². The van der Waals surface area contributed by atoms with Gasteiger partial charge in [0, 0.05) is 37.8 Å². The van der Waals surface area contributed by atoms with Crippen LogP contribution in [0.2, 0.25) is 0 Å². The summed E-state index contributed by atoms with van der Waals surface area (Å²) >= 11 is 0. The molecule has 3 aromatic rings. The molecule has 0 atom stereocenters. The SMILES string of the molecule is COC(=O)CCc1cc(N(Cc2ccc(-c3ccc(N(C)C)cc3)cc2)C(=O)C2CCCCC2)ccc1C. The Labute approximate surface area is 227 Å². The Kier molecular flexibility index (Phi) is 9.22. The molecular formula is C33H40N2O3. The van der Waals surface area contributed by atoms with Crippen molar-refractivity contribution in [1.29, 1.82) is 0 Å². The second kappa shape index (κ2) is 12.8. The quantitative estimate of drug-likeness (QED) is 0.291. The molecule has 1 aliphatic rings. The molecule has 0 spiro atoms. The van der Waals surface area contributed by atoms with Gasteiger partial charge in [-0.2, -0.15) is 0 Å². The average Bonchev–Trinajstić information content (AvgIpc) is 2.96. The average molecular weight is 513 g/mol. The number of methoxy groups -OCH3 is 1. The maximum Gasteiger partial charge on any atom is 0.305 e. The van der Waals surface area contributed by atoms with E-state index in [-0.39, 0.29) is 17.8 Å². The van der Waals surface area contributed by atoms with Crippen LogP contribution in [0, 0.1) is 12.8 Å². The van der Waals surface area contributed by atoms with Crippen LogP contribution in [0.5, 0.6) is 0 Å². The summed E-state index contributed by atoms with van der Waals surface area (Å²) in [7, 11) is 5.50. The first kappa shape index (κ1) is 27.4. The van der Waals surface area contributed by atoms with Crippen molar-refractivity contribution in [2.75, 3.05) is 31.0 Å². The number of aryl methyl sites for hydroxylation is 2. The molecule has 0 saturated heterocycles. The molecule has 200 valence electrons. The van der Waals surface area contributed by atoms with Gasteiger partial charge >= 0.3 is 5.97 Å². The Morgan fingerprint density at radius 3 is 2.05 bits per heavy atom. The van der Waals surface area contributed by atoms with Crippen molar-refractivity contribution in [3.05, 3.63) is 83.4 Å². The molecule has 1 aliphatic carbocycles. The number of benzene rings is 3. The summed E-state index contributed by atoms with van der Waals surface area (Å²) in [6.07, 6.45) is 6.28. The van der Waals surface area contributed by atoms with Gasteiger partial charge in [0.15, 0.2) is 0 Å². The maximum atomic E-state index is 13.8. The zero-order valence-electron chi connectivity index (χ0n) is 23.2. The maximum absolute atomic E-state index is 13.8. The van der Waals surface area contributed by atoms with Crippen molar-refractivity contribution < 1.29 is 14.3 Å². The number of hydrogen-bond acceptors (Lipinski definition) is 4. The highest BCUT2D eigenvalue weighted by molar-refractivity contribution is 5.95. The second-order valence-electron chi connectivity index (χ2n) is 10.6. The zero-order valence-corrected chi connectivity index (χ0v) is 23.2. The van der Waals surface area contributed by atoms with Gasteiger partial charge in [-0.15, -0.1) is 0 Å². The van der Waals surface area contributed by atoms with Gasteiger partial charge in [0.2, 0.25) is 5.91 Å². The lowest BCUT2D eigenvalue weighted by molar-refractivity contribution is -0.140. The predicted molar refractivity (Wildman–Crippen MR) is 155 cm³/mol. The van der Waals surface area contributed by atoms with Crippen molar-refractivity contribution in [3.63, 3.8) is 0 Å². The third-order valence-corrected chi connectivity index (χ3v) is 7.70. The minimum absolute atomic E-state index is 0.0676. The number of nitrogens with zero attached hydrogens (tertiary/aromatic N) is 2. The molecule has 1 fully saturated rings. The highest BCUT2D eigenvalue weighted by atomic mass is 16.5. The Balaban J connectivity index is 1.58. The van der Waals surface area contributed by atoms with E-state index < -0.39 is 0 Å². The molecule has 3 aromatic carbocycles. The van der Waals surface area contributed by atoms with E-state index in [1.807, 2.05) is 32.0 Å². The fourth-order valence-electron chi connectivity index (χ4n) is 5.24. The Bertz CT molecular complexity index is 1230. The number of carbonyl (C=O) groups excluding carboxylic acids is 2. The van der Waals surface area contributed by atoms with Crippen LogP contribution < -0.4 is 9.80 Å². The highest BCUT2D eigenvalue weighted by Gasteiger charge is 2.27. The van der Waals surface area contributed by atoms with Gasteiger partial charge in [-0.1, -0.05) is 61.7 Å². The molecule has 0 N–H and O–H groups in total. The molecule has 0 unspecified atom stereocenters. The first-order chi connectivity index (χ1) is 18.4. The number of esters is 1. The Hall–Kier alpha value is -3.60. The third-order valence-electron chi connectivity index (χ3n) is 7.70. The first-order valence-corrected chi connectivity index (χ1v) is 13.7. The summed E-state index contributed by atoms with van der Waals surface area (Å²) in [6, 6.07) is 23.3. The minimum Gasteiger partial charge on any atom is -0.469 e. The number of amides is 1. The number of hydrogen-bond donors (Lipinski definition) is 0. The van der Waals surface area contributed by atoms with Crippen molar-refractivity contribution in [2.24, 2.45) is 5.92 Å². The van der Waals surface area contributed by atoms with Crippen LogP contribution in [-0.2, 0) is 27.3 Å². The highest BCUT2D eigenvalue weighted by Crippen LogP contribution is 2.31.